The van der Waals surface area contributed by atoms with Gasteiger partial charge >= 0.3 is 18.3 Å². The lowest BCUT2D eigenvalue weighted by molar-refractivity contribution is -0.276. The Hall–Kier alpha value is -2.93. The maximum Gasteiger partial charge on any atom is 0.455 e. The van der Waals surface area contributed by atoms with E-state index in [0.717, 1.165) is 6.20 Å². The summed E-state index contributed by atoms with van der Waals surface area (Å²) in [6.07, 6.45) is -9.28. The minimum Gasteiger partial charge on any atom is -0.404 e. The first-order valence-corrected chi connectivity index (χ1v) is 7.25. The van der Waals surface area contributed by atoms with E-state index >= 15 is 0 Å². The lowest BCUT2D eigenvalue weighted by atomic mass is 10.1. The number of alkyl halides is 8. The zero-order valence-electron chi connectivity index (χ0n) is 13.8. The number of hydrogen-bond donors (Lipinski definition) is 2. The van der Waals surface area contributed by atoms with E-state index in [0.29, 0.717) is 10.6 Å². The van der Waals surface area contributed by atoms with Crippen molar-refractivity contribution in [1.29, 1.82) is 0 Å². The number of halogens is 8. The van der Waals surface area contributed by atoms with Crippen molar-refractivity contribution >= 4 is 17.6 Å². The number of nitrogens with two attached hydrogens (primary N) is 1. The summed E-state index contributed by atoms with van der Waals surface area (Å²) < 4.78 is 103. The van der Waals surface area contributed by atoms with Crippen molar-refractivity contribution in [2.45, 2.75) is 25.2 Å². The fourth-order valence-corrected chi connectivity index (χ4v) is 2.15. The predicted octanol–water partition coefficient (Wildman–Crippen LogP) is 2.92. The molecule has 28 heavy (non-hydrogen) atoms. The van der Waals surface area contributed by atoms with Gasteiger partial charge < -0.3 is 10.7 Å². The molecule has 2 rings (SSSR count). The summed E-state index contributed by atoms with van der Waals surface area (Å²) in [5.74, 6) is -5.67. The van der Waals surface area contributed by atoms with E-state index in [9.17, 15) is 39.9 Å². The third kappa shape index (κ3) is 3.99. The number of aliphatic imine (C=N–C) groups is 1. The normalized spacial score (nSPS) is 14.4. The van der Waals surface area contributed by atoms with Gasteiger partial charge in [0.25, 0.3) is 5.56 Å². The second-order valence-corrected chi connectivity index (χ2v) is 5.56. The number of allylic oxidation sites excluding steroid dienone is 1. The Morgan fingerprint density at radius 1 is 1.25 bits per heavy atom. The maximum atomic E-state index is 13.3. The van der Waals surface area contributed by atoms with E-state index in [4.69, 9.17) is 5.73 Å². The van der Waals surface area contributed by atoms with Crippen LogP contribution in [-0.4, -0.2) is 39.2 Å². The first kappa shape index (κ1) is 21.4. The molecule has 0 bridgehead atoms. The van der Waals surface area contributed by atoms with Crippen LogP contribution in [0.15, 0.2) is 22.2 Å². The molecule has 0 amide bonds. The van der Waals surface area contributed by atoms with E-state index in [2.05, 4.69) is 15.0 Å². The van der Waals surface area contributed by atoms with Crippen LogP contribution < -0.4 is 11.3 Å². The molecule has 0 radical (unpaired) electrons. The average molecular weight is 417 g/mol. The largest absolute Gasteiger partial charge is 0.455 e. The third-order valence-corrected chi connectivity index (χ3v) is 3.42. The first-order chi connectivity index (χ1) is 12.7. The molecule has 0 unspecified atom stereocenters. The quantitative estimate of drug-likeness (QED) is 0.592. The van der Waals surface area contributed by atoms with Gasteiger partial charge in [-0.25, -0.2) is 4.98 Å². The summed E-state index contributed by atoms with van der Waals surface area (Å²) in [5, 5.41) is 0. The monoisotopic (exact) mass is 417 g/mol. The molecule has 14 heteroatoms. The minimum atomic E-state index is -5.91. The second kappa shape index (κ2) is 6.91. The van der Waals surface area contributed by atoms with E-state index in [1.807, 2.05) is 0 Å². The Balaban J connectivity index is 2.59. The number of rotatable bonds is 4. The SMILES string of the molecule is Cc1cn2c(=O)c(/C(C=NCC(F)(F)C(F)(F)F)=C/N)c(C(F)(F)F)nc2[nH]1. The van der Waals surface area contributed by atoms with Crippen molar-refractivity contribution < 1.29 is 35.1 Å². The van der Waals surface area contributed by atoms with Gasteiger partial charge in [-0.3, -0.25) is 14.2 Å². The van der Waals surface area contributed by atoms with E-state index < -0.39 is 53.0 Å². The lowest BCUT2D eigenvalue weighted by Crippen LogP contribution is -2.39. The Morgan fingerprint density at radius 2 is 1.86 bits per heavy atom. The number of imidazole rings is 1. The van der Waals surface area contributed by atoms with Crippen molar-refractivity contribution in [3.8, 4) is 0 Å². The molecule has 0 aromatic carbocycles. The number of aromatic nitrogens is 3. The Morgan fingerprint density at radius 3 is 2.36 bits per heavy atom. The van der Waals surface area contributed by atoms with Gasteiger partial charge in [0.2, 0.25) is 5.78 Å². The van der Waals surface area contributed by atoms with Crippen LogP contribution in [0.25, 0.3) is 11.4 Å². The minimum absolute atomic E-state index is 0.235. The fraction of sp³-hybridized carbons (Fsp3) is 0.357. The van der Waals surface area contributed by atoms with Crippen molar-refractivity contribution in [2.75, 3.05) is 6.54 Å². The van der Waals surface area contributed by atoms with Crippen molar-refractivity contribution in [3.05, 3.63) is 39.7 Å². The molecule has 3 N–H and O–H groups in total. The molecule has 0 aliphatic heterocycles. The summed E-state index contributed by atoms with van der Waals surface area (Å²) in [6, 6.07) is 0. The number of hydrogen-bond acceptors (Lipinski definition) is 4. The zero-order valence-corrected chi connectivity index (χ0v) is 13.8. The predicted molar refractivity (Wildman–Crippen MR) is 82.1 cm³/mol. The van der Waals surface area contributed by atoms with Gasteiger partial charge in [-0.2, -0.15) is 35.1 Å². The number of H-pyrrole nitrogens is 1. The topological polar surface area (TPSA) is 88.5 Å². The summed E-state index contributed by atoms with van der Waals surface area (Å²) in [4.78, 5) is 21.0. The highest BCUT2D eigenvalue weighted by Crippen LogP contribution is 2.36. The Labute approximate surface area is 150 Å². The van der Waals surface area contributed by atoms with Crippen molar-refractivity contribution in [1.82, 2.24) is 14.4 Å². The van der Waals surface area contributed by atoms with Crippen LogP contribution in [0.2, 0.25) is 0 Å². The molecule has 2 heterocycles. The van der Waals surface area contributed by atoms with Crippen molar-refractivity contribution in [2.24, 2.45) is 10.7 Å². The van der Waals surface area contributed by atoms with Gasteiger partial charge in [0.1, 0.15) is 6.54 Å². The van der Waals surface area contributed by atoms with Crippen LogP contribution in [0.1, 0.15) is 17.0 Å². The third-order valence-electron chi connectivity index (χ3n) is 3.42. The summed E-state index contributed by atoms with van der Waals surface area (Å²) >= 11 is 0. The Kier molecular flexibility index (Phi) is 5.27. The van der Waals surface area contributed by atoms with Crippen LogP contribution in [0.4, 0.5) is 35.1 Å². The number of nitrogens with one attached hydrogen (secondary N) is 1. The summed E-state index contributed by atoms with van der Waals surface area (Å²) in [5.41, 5.74) is 0.495. The molecule has 6 nitrogen and oxygen atoms in total. The van der Waals surface area contributed by atoms with Crippen LogP contribution in [0.5, 0.6) is 0 Å². The van der Waals surface area contributed by atoms with Gasteiger partial charge in [-0.15, -0.1) is 0 Å². The van der Waals surface area contributed by atoms with Gasteiger partial charge in [-0.05, 0) is 6.92 Å². The summed E-state index contributed by atoms with van der Waals surface area (Å²) in [6.45, 7) is -0.670. The van der Waals surface area contributed by atoms with Crippen LogP contribution in [0.3, 0.4) is 0 Å². The summed E-state index contributed by atoms with van der Waals surface area (Å²) in [7, 11) is 0. The highest BCUT2D eigenvalue weighted by atomic mass is 19.4. The molecule has 154 valence electrons. The number of fused-ring (bicyclic) bond motifs is 1. The maximum absolute atomic E-state index is 13.3. The van der Waals surface area contributed by atoms with Gasteiger partial charge in [-0.1, -0.05) is 0 Å². The first-order valence-electron chi connectivity index (χ1n) is 7.25. The number of aryl methyl sites for hydroxylation is 1. The molecular formula is C14H11F8N5O. The average Bonchev–Trinajstić information content (AvgIpc) is 2.91. The smallest absolute Gasteiger partial charge is 0.404 e. The van der Waals surface area contributed by atoms with Crippen LogP contribution >= 0.6 is 0 Å². The molecule has 0 aliphatic carbocycles. The molecule has 0 fully saturated rings. The molecule has 2 aromatic heterocycles. The Bertz CT molecular complexity index is 996. The van der Waals surface area contributed by atoms with E-state index in [1.165, 1.54) is 6.92 Å². The van der Waals surface area contributed by atoms with Gasteiger partial charge in [0.05, 0.1) is 5.56 Å². The van der Waals surface area contributed by atoms with E-state index in [-0.39, 0.29) is 11.9 Å². The molecule has 0 spiro atoms. The molecule has 0 aliphatic rings. The zero-order chi connectivity index (χ0) is 21.5. The highest BCUT2D eigenvalue weighted by molar-refractivity contribution is 6.10. The molecule has 0 saturated carbocycles. The fourth-order valence-electron chi connectivity index (χ4n) is 2.15. The van der Waals surface area contributed by atoms with Gasteiger partial charge in [0, 0.05) is 29.9 Å². The van der Waals surface area contributed by atoms with Gasteiger partial charge in [0.15, 0.2) is 5.69 Å². The van der Waals surface area contributed by atoms with Crippen molar-refractivity contribution in [3.63, 3.8) is 0 Å². The lowest BCUT2D eigenvalue weighted by Gasteiger charge is -2.17. The highest BCUT2D eigenvalue weighted by Gasteiger charge is 2.57. The molecule has 2 aromatic rings. The van der Waals surface area contributed by atoms with Crippen LogP contribution in [-0.2, 0) is 6.18 Å². The number of aromatic amines is 1. The molecule has 0 atom stereocenters. The second-order valence-electron chi connectivity index (χ2n) is 5.56. The number of nitrogens with zero attached hydrogens (tertiary/aromatic N) is 3. The van der Waals surface area contributed by atoms with E-state index in [1.54, 1.807) is 0 Å². The molecule has 0 saturated heterocycles. The standard InChI is InChI=1S/C14H11F8N5O/c1-6-4-27-10(28)8(9(13(17,18)19)26-11(27)25-6)7(2-23)3-24-5-12(15,16)14(20,21)22/h2-4H,5,23H2,1H3,(H,25,26)/b7-2+,24-3?. The molecular weight excluding hydrogens is 406 g/mol. The van der Waals surface area contributed by atoms with Crippen LogP contribution in [0, 0.1) is 6.92 Å².